The van der Waals surface area contributed by atoms with Crippen molar-refractivity contribution in [2.24, 2.45) is 0 Å². The third kappa shape index (κ3) is 7.39. The monoisotopic (exact) mass is 579 g/mol. The average Bonchev–Trinajstić information content (AvgIpc) is 3.18. The van der Waals surface area contributed by atoms with Crippen molar-refractivity contribution in [2.45, 2.75) is 44.4 Å². The Bertz CT molecular complexity index is 1300. The number of methoxy groups -OCH3 is 1. The van der Waals surface area contributed by atoms with Gasteiger partial charge in [0.2, 0.25) is 0 Å². The first kappa shape index (κ1) is 30.4. The van der Waals surface area contributed by atoms with E-state index < -0.39 is 41.0 Å². The third-order valence-electron chi connectivity index (χ3n) is 7.30. The van der Waals surface area contributed by atoms with Gasteiger partial charge in [0.05, 0.1) is 30.4 Å². The summed E-state index contributed by atoms with van der Waals surface area (Å²) in [5.41, 5.74) is -1.97. The number of para-hydroxylation sites is 1. The number of nitrogens with zero attached hydrogens (tertiary/aromatic N) is 2. The number of carbonyl (C=O) groups excluding carboxylic acids is 1. The molecule has 1 aliphatic heterocycles. The van der Waals surface area contributed by atoms with Gasteiger partial charge in [0, 0.05) is 37.3 Å². The number of halogens is 6. The molecule has 1 heterocycles. The molecule has 220 valence electrons. The molecular formula is C30H31F6N3O2. The zero-order chi connectivity index (χ0) is 29.8. The first-order valence-electron chi connectivity index (χ1n) is 13.1. The number of ether oxygens (including phenoxy) is 1. The van der Waals surface area contributed by atoms with Crippen molar-refractivity contribution in [3.8, 4) is 5.75 Å². The summed E-state index contributed by atoms with van der Waals surface area (Å²) < 4.78 is 86.5. The van der Waals surface area contributed by atoms with Crippen LogP contribution in [0.2, 0.25) is 0 Å². The molecule has 0 radical (unpaired) electrons. The number of benzene rings is 3. The average molecular weight is 580 g/mol. The fraction of sp³-hybridized carbons (Fsp3) is 0.367. The Kier molecular flexibility index (Phi) is 9.28. The van der Waals surface area contributed by atoms with Crippen molar-refractivity contribution in [2.75, 3.05) is 26.7 Å². The number of alkyl halides is 6. The van der Waals surface area contributed by atoms with Gasteiger partial charge in [-0.3, -0.25) is 15.0 Å². The van der Waals surface area contributed by atoms with Crippen LogP contribution in [0, 0.1) is 0 Å². The number of nitrogens with one attached hydrogen (secondary N) is 1. The minimum Gasteiger partial charge on any atom is -0.496 e. The number of amides is 1. The summed E-state index contributed by atoms with van der Waals surface area (Å²) in [7, 11) is 1.59. The van der Waals surface area contributed by atoms with Gasteiger partial charge < -0.3 is 9.64 Å². The van der Waals surface area contributed by atoms with Crippen molar-refractivity contribution in [3.05, 3.63) is 101 Å². The van der Waals surface area contributed by atoms with E-state index in [1.165, 1.54) is 4.90 Å². The molecule has 2 unspecified atom stereocenters. The van der Waals surface area contributed by atoms with Crippen LogP contribution in [0.5, 0.6) is 5.75 Å². The Morgan fingerprint density at radius 2 is 1.51 bits per heavy atom. The molecule has 1 amide bonds. The lowest BCUT2D eigenvalue weighted by Crippen LogP contribution is -2.45. The molecule has 0 spiro atoms. The fourth-order valence-corrected chi connectivity index (χ4v) is 5.08. The molecule has 0 saturated carbocycles. The lowest BCUT2D eigenvalue weighted by molar-refractivity contribution is -0.143. The quantitative estimate of drug-likeness (QED) is 0.315. The van der Waals surface area contributed by atoms with Crippen LogP contribution >= 0.6 is 0 Å². The summed E-state index contributed by atoms with van der Waals surface area (Å²) in [4.78, 5) is 17.2. The van der Waals surface area contributed by atoms with Crippen LogP contribution < -0.4 is 10.1 Å². The van der Waals surface area contributed by atoms with E-state index in [0.717, 1.165) is 16.9 Å². The van der Waals surface area contributed by atoms with Crippen LogP contribution in [-0.4, -0.2) is 48.6 Å². The third-order valence-corrected chi connectivity index (χ3v) is 7.30. The molecule has 5 nitrogen and oxygen atoms in total. The molecule has 4 rings (SSSR count). The van der Waals surface area contributed by atoms with Crippen LogP contribution in [0.4, 0.5) is 26.3 Å². The van der Waals surface area contributed by atoms with Crippen molar-refractivity contribution in [3.63, 3.8) is 0 Å². The van der Waals surface area contributed by atoms with Gasteiger partial charge in [-0.15, -0.1) is 0 Å². The Morgan fingerprint density at radius 3 is 2.12 bits per heavy atom. The lowest BCUT2D eigenvalue weighted by Gasteiger charge is -2.31. The molecule has 1 fully saturated rings. The molecule has 41 heavy (non-hydrogen) atoms. The normalized spacial score (nSPS) is 17.7. The zero-order valence-electron chi connectivity index (χ0n) is 22.6. The highest BCUT2D eigenvalue weighted by Gasteiger charge is 2.39. The van der Waals surface area contributed by atoms with Crippen LogP contribution in [0.15, 0.2) is 72.8 Å². The molecule has 1 N–H and O–H groups in total. The van der Waals surface area contributed by atoms with Gasteiger partial charge in [0.25, 0.3) is 5.91 Å². The molecule has 1 saturated heterocycles. The second-order valence-electron chi connectivity index (χ2n) is 9.91. The van der Waals surface area contributed by atoms with Gasteiger partial charge in [-0.1, -0.05) is 48.5 Å². The van der Waals surface area contributed by atoms with Crippen LogP contribution in [-0.2, 0) is 18.9 Å². The Labute approximate surface area is 234 Å². The highest BCUT2D eigenvalue weighted by atomic mass is 19.4. The summed E-state index contributed by atoms with van der Waals surface area (Å²) in [6.45, 7) is 3.49. The highest BCUT2D eigenvalue weighted by molar-refractivity contribution is 5.95. The maximum atomic E-state index is 13.7. The number of carbonyl (C=O) groups is 1. The molecule has 0 aliphatic carbocycles. The molecule has 11 heteroatoms. The van der Waals surface area contributed by atoms with E-state index in [-0.39, 0.29) is 18.8 Å². The zero-order valence-corrected chi connectivity index (χ0v) is 22.6. The van der Waals surface area contributed by atoms with Gasteiger partial charge in [-0.2, -0.15) is 26.3 Å². The maximum absolute atomic E-state index is 13.7. The number of hydrogen-bond acceptors (Lipinski definition) is 4. The summed E-state index contributed by atoms with van der Waals surface area (Å²) in [6, 6.07) is 17.0. The Morgan fingerprint density at radius 1 is 0.902 bits per heavy atom. The minimum absolute atomic E-state index is 0.0324. The molecule has 3 aromatic rings. The van der Waals surface area contributed by atoms with Crippen molar-refractivity contribution >= 4 is 5.91 Å². The first-order chi connectivity index (χ1) is 19.4. The molecule has 3 aromatic carbocycles. The number of hydrogen-bond donors (Lipinski definition) is 1. The van der Waals surface area contributed by atoms with E-state index in [1.807, 2.05) is 31.2 Å². The van der Waals surface area contributed by atoms with Crippen molar-refractivity contribution in [1.82, 2.24) is 15.1 Å². The molecule has 2 atom stereocenters. The smallest absolute Gasteiger partial charge is 0.416 e. The van der Waals surface area contributed by atoms with Crippen LogP contribution in [0.3, 0.4) is 0 Å². The van der Waals surface area contributed by atoms with Crippen LogP contribution in [0.1, 0.15) is 52.0 Å². The van der Waals surface area contributed by atoms with Crippen molar-refractivity contribution < 1.29 is 35.9 Å². The SMILES string of the molecule is COc1ccccc1CNC(C)N1CCC(c2ccccc2)N(C(=O)c2cc(C(F)(F)F)cc(C(F)(F)F)c2)CC1. The van der Waals surface area contributed by atoms with E-state index in [2.05, 4.69) is 10.2 Å². The van der Waals surface area contributed by atoms with Crippen LogP contribution in [0.25, 0.3) is 0 Å². The van der Waals surface area contributed by atoms with Gasteiger partial charge >= 0.3 is 12.4 Å². The lowest BCUT2D eigenvalue weighted by atomic mass is 9.99. The van der Waals surface area contributed by atoms with E-state index in [9.17, 15) is 31.1 Å². The van der Waals surface area contributed by atoms with E-state index in [1.54, 1.807) is 37.4 Å². The van der Waals surface area contributed by atoms with Gasteiger partial charge in [0.1, 0.15) is 5.75 Å². The van der Waals surface area contributed by atoms with E-state index >= 15 is 0 Å². The molecule has 0 aromatic heterocycles. The van der Waals surface area contributed by atoms with Gasteiger partial charge in [0.15, 0.2) is 0 Å². The summed E-state index contributed by atoms with van der Waals surface area (Å²) in [5.74, 6) is -0.143. The largest absolute Gasteiger partial charge is 0.496 e. The molecule has 1 aliphatic rings. The summed E-state index contributed by atoms with van der Waals surface area (Å²) >= 11 is 0. The summed E-state index contributed by atoms with van der Waals surface area (Å²) in [5, 5.41) is 3.44. The highest BCUT2D eigenvalue weighted by Crippen LogP contribution is 2.37. The standard InChI is InChI=1S/C30H31F6N3O2/c1-20(37-19-22-10-6-7-11-27(22)41-2)38-13-12-26(21-8-4-3-5-9-21)39(15-14-38)28(40)23-16-24(29(31,32)33)18-25(17-23)30(34,35)36/h3-11,16-18,20,26,37H,12-15,19H2,1-2H3. The Hall–Kier alpha value is -3.57. The predicted molar refractivity (Wildman–Crippen MR) is 142 cm³/mol. The predicted octanol–water partition coefficient (Wildman–Crippen LogP) is 6.76. The van der Waals surface area contributed by atoms with Crippen molar-refractivity contribution in [1.29, 1.82) is 0 Å². The molecular weight excluding hydrogens is 548 g/mol. The first-order valence-corrected chi connectivity index (χ1v) is 13.1. The Balaban J connectivity index is 1.61. The minimum atomic E-state index is -5.05. The fourth-order valence-electron chi connectivity index (χ4n) is 5.08. The van der Waals surface area contributed by atoms with E-state index in [0.29, 0.717) is 38.2 Å². The summed E-state index contributed by atoms with van der Waals surface area (Å²) in [6.07, 6.45) is -9.81. The van der Waals surface area contributed by atoms with Gasteiger partial charge in [-0.05, 0) is 43.2 Å². The topological polar surface area (TPSA) is 44.8 Å². The maximum Gasteiger partial charge on any atom is 0.416 e. The second-order valence-corrected chi connectivity index (χ2v) is 9.91. The van der Waals surface area contributed by atoms with E-state index in [4.69, 9.17) is 4.74 Å². The van der Waals surface area contributed by atoms with Gasteiger partial charge in [-0.25, -0.2) is 0 Å². The second kappa shape index (κ2) is 12.5. The number of rotatable bonds is 7. The molecule has 0 bridgehead atoms.